The number of nitrogens with one attached hydrogen (secondary N) is 1. The van der Waals surface area contributed by atoms with E-state index in [2.05, 4.69) is 4.98 Å². The van der Waals surface area contributed by atoms with E-state index < -0.39 is 0 Å². The molecule has 16 heavy (non-hydrogen) atoms. The van der Waals surface area contributed by atoms with Gasteiger partial charge in [0.1, 0.15) is 0 Å². The molecule has 1 aromatic heterocycles. The van der Waals surface area contributed by atoms with Gasteiger partial charge in [0, 0.05) is 18.2 Å². The van der Waals surface area contributed by atoms with E-state index in [1.165, 1.54) is 5.56 Å². The molecule has 82 valence electrons. The summed E-state index contributed by atoms with van der Waals surface area (Å²) >= 11 is 0. The van der Waals surface area contributed by atoms with Crippen LogP contribution in [0.1, 0.15) is 22.3 Å². The molecule has 0 amide bonds. The van der Waals surface area contributed by atoms with Crippen LogP contribution in [0.5, 0.6) is 0 Å². The number of hydrogen-bond donors (Lipinski definition) is 1. The maximum atomic E-state index is 11.7. The highest BCUT2D eigenvalue weighted by Gasteiger charge is 2.06. The summed E-state index contributed by atoms with van der Waals surface area (Å²) < 4.78 is 0. The van der Waals surface area contributed by atoms with E-state index in [9.17, 15) is 4.79 Å². The molecule has 0 fully saturated rings. The zero-order valence-corrected chi connectivity index (χ0v) is 9.58. The summed E-state index contributed by atoms with van der Waals surface area (Å²) in [4.78, 5) is 14.5. The van der Waals surface area contributed by atoms with Crippen LogP contribution in [-0.4, -0.2) is 4.98 Å². The fourth-order valence-electron chi connectivity index (χ4n) is 1.79. The summed E-state index contributed by atoms with van der Waals surface area (Å²) in [5.41, 5.74) is 4.28. The van der Waals surface area contributed by atoms with Gasteiger partial charge in [0.05, 0.1) is 0 Å². The maximum Gasteiger partial charge on any atom is 0.251 e. The standard InChI is InChI=1S/C14H15NO/c1-10-9-15-14(16)13(11(10)2)8-12-6-4-3-5-7-12/h3-7,9H,8H2,1-2H3,(H,15,16). The molecule has 2 rings (SSSR count). The fourth-order valence-corrected chi connectivity index (χ4v) is 1.79. The molecule has 1 N–H and O–H groups in total. The Bertz CT molecular complexity index is 540. The van der Waals surface area contributed by atoms with Crippen LogP contribution in [0.25, 0.3) is 0 Å². The predicted octanol–water partition coefficient (Wildman–Crippen LogP) is 2.58. The largest absolute Gasteiger partial charge is 0.329 e. The first-order chi connectivity index (χ1) is 7.68. The third-order valence-electron chi connectivity index (χ3n) is 2.96. The number of aromatic nitrogens is 1. The molecule has 2 nitrogen and oxygen atoms in total. The van der Waals surface area contributed by atoms with Gasteiger partial charge in [-0.15, -0.1) is 0 Å². The summed E-state index contributed by atoms with van der Waals surface area (Å²) in [6.45, 7) is 4.02. The van der Waals surface area contributed by atoms with Gasteiger partial charge >= 0.3 is 0 Å². The molecule has 0 bridgehead atoms. The average Bonchev–Trinajstić information content (AvgIpc) is 2.31. The minimum Gasteiger partial charge on any atom is -0.329 e. The van der Waals surface area contributed by atoms with Crippen molar-refractivity contribution in [3.63, 3.8) is 0 Å². The Labute approximate surface area is 95.0 Å². The van der Waals surface area contributed by atoms with Crippen molar-refractivity contribution in [2.45, 2.75) is 20.3 Å². The van der Waals surface area contributed by atoms with Gasteiger partial charge in [-0.05, 0) is 30.5 Å². The lowest BCUT2D eigenvalue weighted by Crippen LogP contribution is -2.15. The molecule has 1 heterocycles. The zero-order chi connectivity index (χ0) is 11.5. The molecule has 0 atom stereocenters. The van der Waals surface area contributed by atoms with E-state index in [-0.39, 0.29) is 5.56 Å². The van der Waals surface area contributed by atoms with Crippen LogP contribution in [0.4, 0.5) is 0 Å². The normalized spacial score (nSPS) is 10.4. The van der Waals surface area contributed by atoms with Crippen molar-refractivity contribution in [1.29, 1.82) is 0 Å². The van der Waals surface area contributed by atoms with Gasteiger partial charge in [0.2, 0.25) is 0 Å². The SMILES string of the molecule is Cc1c[nH]c(=O)c(Cc2ccccc2)c1C. The van der Waals surface area contributed by atoms with Crippen LogP contribution in [0, 0.1) is 13.8 Å². The van der Waals surface area contributed by atoms with Gasteiger partial charge in [-0.1, -0.05) is 30.3 Å². The van der Waals surface area contributed by atoms with Crippen LogP contribution in [0.15, 0.2) is 41.3 Å². The van der Waals surface area contributed by atoms with E-state index in [4.69, 9.17) is 0 Å². The molecule has 0 radical (unpaired) electrons. The van der Waals surface area contributed by atoms with Crippen molar-refractivity contribution in [2.24, 2.45) is 0 Å². The third kappa shape index (κ3) is 2.06. The topological polar surface area (TPSA) is 32.9 Å². The lowest BCUT2D eigenvalue weighted by atomic mass is 10.00. The van der Waals surface area contributed by atoms with Gasteiger partial charge in [-0.3, -0.25) is 4.79 Å². The molecular formula is C14H15NO. The van der Waals surface area contributed by atoms with Crippen molar-refractivity contribution in [3.8, 4) is 0 Å². The van der Waals surface area contributed by atoms with Gasteiger partial charge in [-0.2, -0.15) is 0 Å². The molecule has 2 aromatic rings. The molecule has 1 aromatic carbocycles. The van der Waals surface area contributed by atoms with Crippen molar-refractivity contribution < 1.29 is 0 Å². The third-order valence-corrected chi connectivity index (χ3v) is 2.96. The number of benzene rings is 1. The number of pyridine rings is 1. The van der Waals surface area contributed by atoms with E-state index in [1.54, 1.807) is 6.20 Å². The highest BCUT2D eigenvalue weighted by Crippen LogP contribution is 2.12. The molecule has 0 aliphatic carbocycles. The molecule has 2 heteroatoms. The van der Waals surface area contributed by atoms with E-state index in [0.717, 1.165) is 16.7 Å². The second-order valence-electron chi connectivity index (χ2n) is 4.07. The molecule has 0 saturated heterocycles. The van der Waals surface area contributed by atoms with E-state index in [1.807, 2.05) is 44.2 Å². The second-order valence-corrected chi connectivity index (χ2v) is 4.07. The van der Waals surface area contributed by atoms with E-state index in [0.29, 0.717) is 6.42 Å². The van der Waals surface area contributed by atoms with Crippen molar-refractivity contribution in [2.75, 3.05) is 0 Å². The minimum atomic E-state index is 0.0203. The maximum absolute atomic E-state index is 11.7. The number of rotatable bonds is 2. The molecule has 0 aliphatic rings. The van der Waals surface area contributed by atoms with Crippen molar-refractivity contribution in [1.82, 2.24) is 4.98 Å². The van der Waals surface area contributed by atoms with Gasteiger partial charge in [0.25, 0.3) is 5.56 Å². The van der Waals surface area contributed by atoms with Crippen molar-refractivity contribution in [3.05, 3.63) is 69.1 Å². The van der Waals surface area contributed by atoms with E-state index >= 15 is 0 Å². The summed E-state index contributed by atoms with van der Waals surface area (Å²) in [6.07, 6.45) is 2.47. The van der Waals surface area contributed by atoms with Gasteiger partial charge in [0.15, 0.2) is 0 Å². The number of H-pyrrole nitrogens is 1. The number of aromatic amines is 1. The average molecular weight is 213 g/mol. The summed E-state index contributed by atoms with van der Waals surface area (Å²) in [6, 6.07) is 10.1. The monoisotopic (exact) mass is 213 g/mol. The summed E-state index contributed by atoms with van der Waals surface area (Å²) in [5.74, 6) is 0. The molecule has 0 saturated carbocycles. The number of aryl methyl sites for hydroxylation is 1. The Morgan fingerprint density at radius 1 is 1.12 bits per heavy atom. The highest BCUT2D eigenvalue weighted by molar-refractivity contribution is 5.33. The Hall–Kier alpha value is -1.83. The lowest BCUT2D eigenvalue weighted by molar-refractivity contribution is 1.04. The van der Waals surface area contributed by atoms with Crippen LogP contribution < -0.4 is 5.56 Å². The van der Waals surface area contributed by atoms with Crippen LogP contribution in [0.2, 0.25) is 0 Å². The molecular weight excluding hydrogens is 198 g/mol. The Kier molecular flexibility index (Phi) is 2.91. The molecule has 0 spiro atoms. The predicted molar refractivity (Wildman–Crippen MR) is 65.8 cm³/mol. The Morgan fingerprint density at radius 2 is 1.81 bits per heavy atom. The van der Waals surface area contributed by atoms with Crippen LogP contribution in [0.3, 0.4) is 0 Å². The second kappa shape index (κ2) is 4.35. The van der Waals surface area contributed by atoms with Crippen LogP contribution in [-0.2, 0) is 6.42 Å². The lowest BCUT2D eigenvalue weighted by Gasteiger charge is -2.07. The highest BCUT2D eigenvalue weighted by atomic mass is 16.1. The molecule has 0 unspecified atom stereocenters. The minimum absolute atomic E-state index is 0.0203. The van der Waals surface area contributed by atoms with Gasteiger partial charge < -0.3 is 4.98 Å². The van der Waals surface area contributed by atoms with Gasteiger partial charge in [-0.25, -0.2) is 0 Å². The summed E-state index contributed by atoms with van der Waals surface area (Å²) in [7, 11) is 0. The van der Waals surface area contributed by atoms with Crippen molar-refractivity contribution >= 4 is 0 Å². The fraction of sp³-hybridized carbons (Fsp3) is 0.214. The Balaban J connectivity index is 2.43. The summed E-state index contributed by atoms with van der Waals surface area (Å²) in [5, 5.41) is 0. The Morgan fingerprint density at radius 3 is 2.50 bits per heavy atom. The number of hydrogen-bond acceptors (Lipinski definition) is 1. The smallest absolute Gasteiger partial charge is 0.251 e. The zero-order valence-electron chi connectivity index (χ0n) is 9.58. The quantitative estimate of drug-likeness (QED) is 0.817. The molecule has 0 aliphatic heterocycles. The first-order valence-electron chi connectivity index (χ1n) is 5.40. The first-order valence-corrected chi connectivity index (χ1v) is 5.40. The van der Waals surface area contributed by atoms with Crippen LogP contribution >= 0.6 is 0 Å². The first kappa shape index (κ1) is 10.7.